The molecule has 1 saturated heterocycles. The Labute approximate surface area is 170 Å². The maximum Gasteiger partial charge on any atom is 0.232 e. The Morgan fingerprint density at radius 3 is 2.79 bits per heavy atom. The smallest absolute Gasteiger partial charge is 0.232 e. The quantitative estimate of drug-likeness (QED) is 0.560. The molecule has 1 fully saturated rings. The summed E-state index contributed by atoms with van der Waals surface area (Å²) in [4.78, 5) is 19.8. The topological polar surface area (TPSA) is 59.2 Å². The van der Waals surface area contributed by atoms with Crippen LogP contribution < -0.4 is 0 Å². The molecule has 0 bridgehead atoms. The maximum absolute atomic E-state index is 13.7. The zero-order valence-electron chi connectivity index (χ0n) is 15.1. The fraction of sp³-hybridized carbons (Fsp3) is 0.250. The van der Waals surface area contributed by atoms with Crippen LogP contribution in [0, 0.1) is 5.82 Å². The van der Waals surface area contributed by atoms with Gasteiger partial charge in [0, 0.05) is 30.0 Å². The summed E-state index contributed by atoms with van der Waals surface area (Å²) in [6, 6.07) is 12.5. The van der Waals surface area contributed by atoms with Crippen LogP contribution in [-0.4, -0.2) is 33.7 Å². The van der Waals surface area contributed by atoms with Gasteiger partial charge in [-0.05, 0) is 42.2 Å². The van der Waals surface area contributed by atoms with Gasteiger partial charge in [0.15, 0.2) is 0 Å². The number of hydrogen-bond acceptors (Lipinski definition) is 5. The Hall–Kier alpha value is -2.38. The average Bonchev–Trinajstić information content (AvgIpc) is 3.32. The molecule has 1 amide bonds. The second kappa shape index (κ2) is 7.93. The van der Waals surface area contributed by atoms with Crippen LogP contribution in [-0.2, 0) is 11.3 Å². The number of aromatic nitrogens is 2. The summed E-state index contributed by atoms with van der Waals surface area (Å²) in [5.74, 6) is 0.0101. The monoisotopic (exact) mass is 417 g/mol. The van der Waals surface area contributed by atoms with Gasteiger partial charge < -0.3 is 9.42 Å². The molecule has 2 aromatic carbocycles. The highest BCUT2D eigenvalue weighted by molar-refractivity contribution is 7.98. The number of carbonyl (C=O) groups is 1. The minimum atomic E-state index is -0.541. The van der Waals surface area contributed by atoms with Crippen LogP contribution in [0.3, 0.4) is 0 Å². The lowest BCUT2D eigenvalue weighted by Gasteiger charge is -2.16. The van der Waals surface area contributed by atoms with Crippen molar-refractivity contribution in [1.29, 1.82) is 0 Å². The van der Waals surface area contributed by atoms with Crippen molar-refractivity contribution in [1.82, 2.24) is 15.0 Å². The summed E-state index contributed by atoms with van der Waals surface area (Å²) in [6.07, 6.45) is 2.35. The predicted octanol–water partition coefficient (Wildman–Crippen LogP) is 4.77. The SMILES string of the molecule is CSc1ccc(CN2CC(c3nc(-c4ccc(Cl)c(F)c4)no3)CC2=O)cc1. The Morgan fingerprint density at radius 1 is 1.29 bits per heavy atom. The summed E-state index contributed by atoms with van der Waals surface area (Å²) in [7, 11) is 0. The van der Waals surface area contributed by atoms with E-state index in [2.05, 4.69) is 10.1 Å². The number of amides is 1. The normalized spacial score (nSPS) is 16.8. The van der Waals surface area contributed by atoms with Crippen LogP contribution in [0.25, 0.3) is 11.4 Å². The van der Waals surface area contributed by atoms with Gasteiger partial charge in [0.1, 0.15) is 5.82 Å². The van der Waals surface area contributed by atoms with Crippen LogP contribution in [0.2, 0.25) is 5.02 Å². The third-order valence-corrected chi connectivity index (χ3v) is 5.77. The van der Waals surface area contributed by atoms with Crippen LogP contribution in [0.4, 0.5) is 4.39 Å². The van der Waals surface area contributed by atoms with Gasteiger partial charge in [-0.2, -0.15) is 4.98 Å². The second-order valence-corrected chi connectivity index (χ2v) is 7.90. The van der Waals surface area contributed by atoms with Crippen LogP contribution in [0.5, 0.6) is 0 Å². The van der Waals surface area contributed by atoms with E-state index in [1.807, 2.05) is 30.5 Å². The van der Waals surface area contributed by atoms with Gasteiger partial charge in [-0.15, -0.1) is 11.8 Å². The summed E-state index contributed by atoms with van der Waals surface area (Å²) in [5.41, 5.74) is 1.56. The number of nitrogens with zero attached hydrogens (tertiary/aromatic N) is 3. The van der Waals surface area contributed by atoms with E-state index in [0.717, 1.165) is 5.56 Å². The molecule has 1 aliphatic rings. The summed E-state index contributed by atoms with van der Waals surface area (Å²) in [6.45, 7) is 1.06. The molecular formula is C20H17ClFN3O2S. The van der Waals surface area contributed by atoms with E-state index < -0.39 is 5.82 Å². The number of likely N-dealkylation sites (tertiary alicyclic amines) is 1. The van der Waals surface area contributed by atoms with Crippen molar-refractivity contribution in [3.63, 3.8) is 0 Å². The maximum atomic E-state index is 13.7. The first-order chi connectivity index (χ1) is 13.5. The molecule has 28 heavy (non-hydrogen) atoms. The van der Waals surface area contributed by atoms with E-state index in [0.29, 0.717) is 31.0 Å². The van der Waals surface area contributed by atoms with Crippen molar-refractivity contribution >= 4 is 29.3 Å². The minimum absolute atomic E-state index is 0.0371. The molecule has 0 radical (unpaired) electrons. The molecule has 0 spiro atoms. The fourth-order valence-electron chi connectivity index (χ4n) is 3.20. The van der Waals surface area contributed by atoms with Crippen molar-refractivity contribution < 1.29 is 13.7 Å². The summed E-state index contributed by atoms with van der Waals surface area (Å²) < 4.78 is 19.0. The molecule has 1 unspecified atom stereocenters. The van der Waals surface area contributed by atoms with E-state index in [4.69, 9.17) is 16.1 Å². The molecular weight excluding hydrogens is 401 g/mol. The standard InChI is InChI=1S/C20H17ClFN3O2S/c1-28-15-5-2-12(3-6-15)10-25-11-14(9-18(25)26)20-23-19(24-27-20)13-4-7-16(21)17(22)8-13/h2-8,14H,9-11H2,1H3. The van der Waals surface area contributed by atoms with Gasteiger partial charge in [-0.25, -0.2) is 4.39 Å². The number of hydrogen-bond donors (Lipinski definition) is 0. The molecule has 1 aromatic heterocycles. The summed E-state index contributed by atoms with van der Waals surface area (Å²) >= 11 is 7.39. The Bertz CT molecular complexity index is 1010. The number of carbonyl (C=O) groups excluding carboxylic acids is 1. The lowest BCUT2D eigenvalue weighted by molar-refractivity contribution is -0.128. The third kappa shape index (κ3) is 3.91. The van der Waals surface area contributed by atoms with Gasteiger partial charge in [-0.1, -0.05) is 28.9 Å². The van der Waals surface area contributed by atoms with Gasteiger partial charge in [0.05, 0.1) is 10.9 Å². The fourth-order valence-corrected chi connectivity index (χ4v) is 3.72. The number of rotatable bonds is 5. The minimum Gasteiger partial charge on any atom is -0.339 e. The van der Waals surface area contributed by atoms with E-state index >= 15 is 0 Å². The second-order valence-electron chi connectivity index (χ2n) is 6.61. The number of benzene rings is 2. The Balaban J connectivity index is 1.46. The van der Waals surface area contributed by atoms with Crippen molar-refractivity contribution in [2.45, 2.75) is 23.8 Å². The van der Waals surface area contributed by atoms with E-state index in [1.165, 1.54) is 17.0 Å². The number of thioether (sulfide) groups is 1. The highest BCUT2D eigenvalue weighted by atomic mass is 35.5. The van der Waals surface area contributed by atoms with E-state index in [9.17, 15) is 9.18 Å². The highest BCUT2D eigenvalue weighted by Gasteiger charge is 2.34. The van der Waals surface area contributed by atoms with E-state index in [1.54, 1.807) is 22.7 Å². The first kappa shape index (κ1) is 19.0. The third-order valence-electron chi connectivity index (χ3n) is 4.72. The Kier molecular flexibility index (Phi) is 5.37. The zero-order valence-corrected chi connectivity index (χ0v) is 16.6. The molecule has 8 heteroatoms. The van der Waals surface area contributed by atoms with Crippen LogP contribution in [0.15, 0.2) is 51.9 Å². The molecule has 2 heterocycles. The number of halogens is 2. The van der Waals surface area contributed by atoms with Crippen LogP contribution >= 0.6 is 23.4 Å². The molecule has 1 atom stereocenters. The predicted molar refractivity (Wildman–Crippen MR) is 106 cm³/mol. The van der Waals surface area contributed by atoms with Gasteiger partial charge in [0.25, 0.3) is 0 Å². The van der Waals surface area contributed by atoms with Gasteiger partial charge >= 0.3 is 0 Å². The van der Waals surface area contributed by atoms with Gasteiger partial charge in [0.2, 0.25) is 17.6 Å². The van der Waals surface area contributed by atoms with E-state index in [-0.39, 0.29) is 22.7 Å². The van der Waals surface area contributed by atoms with Crippen molar-refractivity contribution in [3.05, 3.63) is 64.8 Å². The average molecular weight is 418 g/mol. The molecule has 1 aliphatic heterocycles. The van der Waals surface area contributed by atoms with Crippen LogP contribution in [0.1, 0.15) is 23.8 Å². The van der Waals surface area contributed by atoms with Crippen molar-refractivity contribution in [2.75, 3.05) is 12.8 Å². The highest BCUT2D eigenvalue weighted by Crippen LogP contribution is 2.30. The molecule has 4 rings (SSSR count). The van der Waals surface area contributed by atoms with Crippen molar-refractivity contribution in [2.24, 2.45) is 0 Å². The first-order valence-corrected chi connectivity index (χ1v) is 10.3. The molecule has 144 valence electrons. The lowest BCUT2D eigenvalue weighted by atomic mass is 10.1. The molecule has 5 nitrogen and oxygen atoms in total. The zero-order chi connectivity index (χ0) is 19.7. The molecule has 3 aromatic rings. The lowest BCUT2D eigenvalue weighted by Crippen LogP contribution is -2.24. The van der Waals surface area contributed by atoms with Gasteiger partial charge in [-0.3, -0.25) is 4.79 Å². The molecule has 0 N–H and O–H groups in total. The molecule has 0 saturated carbocycles. The first-order valence-electron chi connectivity index (χ1n) is 8.73. The molecule has 0 aliphatic carbocycles. The Morgan fingerprint density at radius 2 is 2.07 bits per heavy atom. The summed E-state index contributed by atoms with van der Waals surface area (Å²) in [5, 5.41) is 3.96. The largest absolute Gasteiger partial charge is 0.339 e. The van der Waals surface area contributed by atoms with Crippen molar-refractivity contribution in [3.8, 4) is 11.4 Å².